The van der Waals surface area contributed by atoms with Gasteiger partial charge < -0.3 is 10.8 Å². The molecule has 1 amide bonds. The summed E-state index contributed by atoms with van der Waals surface area (Å²) in [5.74, 6) is -0.323. The lowest BCUT2D eigenvalue weighted by Gasteiger charge is -2.47. The molecule has 0 aromatic carbocycles. The average molecular weight is 367 g/mol. The molecule has 11 heteroatoms. The van der Waals surface area contributed by atoms with Crippen LogP contribution in [0.15, 0.2) is 16.0 Å². The van der Waals surface area contributed by atoms with Gasteiger partial charge in [-0.3, -0.25) is 9.69 Å². The molecule has 0 aliphatic carbocycles. The van der Waals surface area contributed by atoms with E-state index < -0.39 is 12.0 Å². The molecule has 21 heavy (non-hydrogen) atoms. The van der Waals surface area contributed by atoms with Gasteiger partial charge in [-0.15, -0.1) is 41.0 Å². The normalized spacial score (nSPS) is 24.2. The highest BCUT2D eigenvalue weighted by Gasteiger charge is 2.51. The van der Waals surface area contributed by atoms with Crippen molar-refractivity contribution in [1.82, 2.24) is 14.5 Å². The minimum atomic E-state index is -1.09. The average Bonchev–Trinajstić information content (AvgIpc) is 2.96. The van der Waals surface area contributed by atoms with Crippen molar-refractivity contribution in [3.63, 3.8) is 0 Å². The number of hydrogen-bond acceptors (Lipinski definition) is 8. The fourth-order valence-corrected chi connectivity index (χ4v) is 5.03. The summed E-state index contributed by atoms with van der Waals surface area (Å²) in [6.07, 6.45) is 0. The molecular weight excluding hydrogens is 356 g/mol. The van der Waals surface area contributed by atoms with E-state index in [4.69, 9.17) is 5.73 Å². The van der Waals surface area contributed by atoms with Crippen LogP contribution in [0.25, 0.3) is 0 Å². The van der Waals surface area contributed by atoms with Crippen molar-refractivity contribution in [2.45, 2.75) is 17.2 Å². The second-order valence-electron chi connectivity index (χ2n) is 4.20. The fourth-order valence-electron chi connectivity index (χ4n) is 2.01. The van der Waals surface area contributed by atoms with Gasteiger partial charge in [0.2, 0.25) is 5.91 Å². The first-order valence-corrected chi connectivity index (χ1v) is 8.52. The van der Waals surface area contributed by atoms with Crippen LogP contribution in [0.3, 0.4) is 0 Å². The summed E-state index contributed by atoms with van der Waals surface area (Å²) in [7, 11) is 0. The topological polar surface area (TPSA) is 109 Å². The van der Waals surface area contributed by atoms with Gasteiger partial charge in [0.05, 0.1) is 5.69 Å². The van der Waals surface area contributed by atoms with Crippen LogP contribution >= 0.6 is 47.5 Å². The van der Waals surface area contributed by atoms with Crippen LogP contribution in [-0.2, 0) is 15.3 Å². The number of hydrogen-bond donors (Lipinski definition) is 2. The van der Waals surface area contributed by atoms with Gasteiger partial charge in [-0.25, -0.2) is 4.79 Å². The monoisotopic (exact) mass is 366 g/mol. The molecule has 1 fully saturated rings. The third kappa shape index (κ3) is 2.90. The van der Waals surface area contributed by atoms with Crippen molar-refractivity contribution in [2.24, 2.45) is 5.73 Å². The Labute approximate surface area is 138 Å². The highest BCUT2D eigenvalue weighted by molar-refractivity contribution is 8.05. The molecule has 1 saturated heterocycles. The lowest BCUT2D eigenvalue weighted by Crippen LogP contribution is -2.68. The molecule has 3 heterocycles. The van der Waals surface area contributed by atoms with E-state index >= 15 is 0 Å². The number of carbonyl (C=O) groups is 2. The van der Waals surface area contributed by atoms with E-state index in [2.05, 4.69) is 9.59 Å². The van der Waals surface area contributed by atoms with Crippen LogP contribution in [0.2, 0.25) is 0 Å². The summed E-state index contributed by atoms with van der Waals surface area (Å²) < 4.78 is 3.76. The number of fused-ring (bicyclic) bond motifs is 1. The maximum absolute atomic E-state index is 11.7. The zero-order valence-electron chi connectivity index (χ0n) is 10.5. The van der Waals surface area contributed by atoms with Crippen LogP contribution in [0.4, 0.5) is 0 Å². The first-order valence-electron chi connectivity index (χ1n) is 5.65. The molecule has 3 N–H and O–H groups in total. The summed E-state index contributed by atoms with van der Waals surface area (Å²) >= 11 is 4.13. The van der Waals surface area contributed by atoms with Gasteiger partial charge in [0.1, 0.15) is 17.1 Å². The Hall–Kier alpha value is -0.810. The number of thioether (sulfide) groups is 2. The Kier molecular flexibility index (Phi) is 5.15. The van der Waals surface area contributed by atoms with E-state index in [1.807, 2.05) is 5.38 Å². The number of rotatable bonds is 4. The molecule has 0 saturated carbocycles. The first-order chi connectivity index (χ1) is 9.59. The second kappa shape index (κ2) is 6.53. The van der Waals surface area contributed by atoms with E-state index in [0.717, 1.165) is 5.69 Å². The minimum absolute atomic E-state index is 0. The van der Waals surface area contributed by atoms with Crippen LogP contribution in [0, 0.1) is 0 Å². The number of nitrogens with zero attached hydrogens (tertiary/aromatic N) is 3. The van der Waals surface area contributed by atoms with Crippen LogP contribution in [0.1, 0.15) is 5.69 Å². The van der Waals surface area contributed by atoms with E-state index in [-0.39, 0.29) is 29.4 Å². The van der Waals surface area contributed by atoms with Gasteiger partial charge in [0.15, 0.2) is 0 Å². The summed E-state index contributed by atoms with van der Waals surface area (Å²) in [6, 6.07) is -0.594. The van der Waals surface area contributed by atoms with E-state index in [0.29, 0.717) is 16.4 Å². The number of aliphatic carboxylic acids is 1. The molecule has 0 spiro atoms. The van der Waals surface area contributed by atoms with E-state index in [9.17, 15) is 14.7 Å². The van der Waals surface area contributed by atoms with Crippen molar-refractivity contribution in [3.05, 3.63) is 21.7 Å². The minimum Gasteiger partial charge on any atom is -0.477 e. The summed E-state index contributed by atoms with van der Waals surface area (Å²) in [5, 5.41) is 14.8. The summed E-state index contributed by atoms with van der Waals surface area (Å²) in [5.41, 5.74) is 6.55. The molecule has 1 unspecified atom stereocenters. The molecule has 3 rings (SSSR count). The number of nitrogens with two attached hydrogens (primary N) is 1. The van der Waals surface area contributed by atoms with Crippen molar-refractivity contribution in [3.8, 4) is 0 Å². The smallest absolute Gasteiger partial charge is 0.353 e. The van der Waals surface area contributed by atoms with Gasteiger partial charge in [-0.2, -0.15) is 0 Å². The van der Waals surface area contributed by atoms with Gasteiger partial charge >= 0.3 is 5.97 Å². The predicted molar refractivity (Wildman–Crippen MR) is 84.2 cm³/mol. The third-order valence-electron chi connectivity index (χ3n) is 2.98. The fraction of sp³-hybridized carbons (Fsp3) is 0.400. The summed E-state index contributed by atoms with van der Waals surface area (Å²) in [4.78, 5) is 25.1. The number of halogens is 1. The predicted octanol–water partition coefficient (Wildman–Crippen LogP) is 0.732. The van der Waals surface area contributed by atoms with E-state index in [1.54, 1.807) is 0 Å². The van der Waals surface area contributed by atoms with Crippen LogP contribution in [-0.4, -0.2) is 48.6 Å². The molecule has 1 aromatic rings. The molecule has 0 bridgehead atoms. The molecule has 2 aliphatic rings. The van der Waals surface area contributed by atoms with Crippen LogP contribution < -0.4 is 5.73 Å². The number of carbonyl (C=O) groups excluding carboxylic acids is 1. The largest absolute Gasteiger partial charge is 0.477 e. The Bertz CT molecular complexity index is 594. The van der Waals surface area contributed by atoms with Gasteiger partial charge in [-0.05, 0) is 11.5 Å². The zero-order chi connectivity index (χ0) is 14.3. The van der Waals surface area contributed by atoms with Crippen molar-refractivity contribution >= 4 is 59.3 Å². The van der Waals surface area contributed by atoms with Crippen molar-refractivity contribution < 1.29 is 14.7 Å². The number of carboxylic acids is 1. The second-order valence-corrected chi connectivity index (χ2v) is 6.98. The Morgan fingerprint density at radius 3 is 3.00 bits per heavy atom. The van der Waals surface area contributed by atoms with Crippen LogP contribution in [0.5, 0.6) is 0 Å². The molecule has 7 nitrogen and oxygen atoms in total. The number of aromatic nitrogens is 2. The Morgan fingerprint density at radius 2 is 2.38 bits per heavy atom. The molecule has 1 aromatic heterocycles. The number of β-lactam (4-membered cyclic amide) rings is 1. The number of carboxylic acid groups (broad SMARTS) is 1. The molecule has 0 radical (unpaired) electrons. The zero-order valence-corrected chi connectivity index (χ0v) is 13.7. The highest BCUT2D eigenvalue weighted by atomic mass is 35.5. The standard InChI is InChI=1S/C10H10N4O3S3.ClH/c11-6-8(15)14-7(10(16)17)5(3-19-9(6)14)18-1-4-2-20-13-12-4;/h2,6,9H,1,3,11H2,(H,16,17);1H/t6?,9-;/m0./s1. The lowest BCUT2D eigenvalue weighted by molar-refractivity contribution is -0.147. The lowest BCUT2D eigenvalue weighted by atomic mass is 10.1. The summed E-state index contributed by atoms with van der Waals surface area (Å²) in [6.45, 7) is 0. The SMILES string of the molecule is Cl.NC1C(=O)N2C(C(=O)O)=C(SCc3csnn3)CS[C@@H]12. The number of amides is 1. The molecule has 2 aliphatic heterocycles. The van der Waals surface area contributed by atoms with Crippen molar-refractivity contribution in [2.75, 3.05) is 5.75 Å². The molecule has 114 valence electrons. The first kappa shape index (κ1) is 16.6. The maximum Gasteiger partial charge on any atom is 0.353 e. The Balaban J connectivity index is 0.00000161. The molecular formula is C10H11ClN4O3S3. The van der Waals surface area contributed by atoms with Gasteiger partial charge in [0, 0.05) is 21.8 Å². The molecule has 2 atom stereocenters. The Morgan fingerprint density at radius 1 is 1.62 bits per heavy atom. The van der Waals surface area contributed by atoms with Gasteiger partial charge in [0.25, 0.3) is 0 Å². The highest BCUT2D eigenvalue weighted by Crippen LogP contribution is 2.43. The van der Waals surface area contributed by atoms with E-state index in [1.165, 1.54) is 40.0 Å². The quantitative estimate of drug-likeness (QED) is 0.750. The maximum atomic E-state index is 11.7. The van der Waals surface area contributed by atoms with Crippen molar-refractivity contribution in [1.29, 1.82) is 0 Å². The third-order valence-corrected chi connectivity index (χ3v) is 6.14. The van der Waals surface area contributed by atoms with Gasteiger partial charge in [-0.1, -0.05) is 4.49 Å².